The number of nitrogens with one attached hydrogen (secondary N) is 2. The van der Waals surface area contributed by atoms with Gasteiger partial charge < -0.3 is 24.7 Å². The highest BCUT2D eigenvalue weighted by Crippen LogP contribution is 2.27. The van der Waals surface area contributed by atoms with Crippen LogP contribution in [-0.2, 0) is 9.53 Å². The first-order valence-corrected chi connectivity index (χ1v) is 10.9. The first-order valence-electron chi connectivity index (χ1n) is 10.9. The predicted molar refractivity (Wildman–Crippen MR) is 115 cm³/mol. The fourth-order valence-electron chi connectivity index (χ4n) is 4.52. The Labute approximate surface area is 177 Å². The Hall–Kier alpha value is -2.54. The fraction of sp³-hybridized carbons (Fsp3) is 0.565. The van der Waals surface area contributed by atoms with Crippen molar-refractivity contribution in [2.24, 2.45) is 11.8 Å². The second-order valence-corrected chi connectivity index (χ2v) is 8.43. The lowest BCUT2D eigenvalue weighted by atomic mass is 9.84. The number of ether oxygens (including phenoxy) is 2. The van der Waals surface area contributed by atoms with Crippen LogP contribution in [0.4, 0.5) is 0 Å². The SMILES string of the molecule is COc1ccc2cc(C(=O)N3CCC([C@@H](C)C(=O)NC[C@@H]4CCCO4)CC3)[nH]c2c1. The number of nitrogens with zero attached hydrogens (tertiary/aromatic N) is 1. The van der Waals surface area contributed by atoms with Gasteiger partial charge in [0.25, 0.3) is 5.91 Å². The van der Waals surface area contributed by atoms with Gasteiger partial charge in [-0.15, -0.1) is 0 Å². The standard InChI is InChI=1S/C23H31N3O4/c1-15(22(27)24-14-19-4-3-11-30-19)16-7-9-26(10-8-16)23(28)21-12-17-5-6-18(29-2)13-20(17)25-21/h5-6,12-13,15-16,19,25H,3-4,7-11,14H2,1-2H3,(H,24,27)/t15-,19+/m1/s1. The molecule has 0 spiro atoms. The van der Waals surface area contributed by atoms with Crippen LogP contribution in [0, 0.1) is 11.8 Å². The molecule has 0 saturated carbocycles. The average Bonchev–Trinajstić information content (AvgIpc) is 3.45. The van der Waals surface area contributed by atoms with Crippen molar-refractivity contribution in [3.8, 4) is 5.75 Å². The number of hydrogen-bond donors (Lipinski definition) is 2. The molecule has 0 radical (unpaired) electrons. The van der Waals surface area contributed by atoms with E-state index in [0.717, 1.165) is 48.9 Å². The summed E-state index contributed by atoms with van der Waals surface area (Å²) in [5, 5.41) is 4.04. The number of methoxy groups -OCH3 is 1. The molecule has 162 valence electrons. The van der Waals surface area contributed by atoms with Crippen molar-refractivity contribution in [3.63, 3.8) is 0 Å². The zero-order valence-electron chi connectivity index (χ0n) is 17.8. The molecule has 2 amide bonds. The van der Waals surface area contributed by atoms with E-state index in [0.29, 0.717) is 31.2 Å². The van der Waals surface area contributed by atoms with Gasteiger partial charge in [0, 0.05) is 49.1 Å². The van der Waals surface area contributed by atoms with Gasteiger partial charge in [-0.1, -0.05) is 6.92 Å². The first-order chi connectivity index (χ1) is 14.5. The molecule has 0 aliphatic carbocycles. The number of fused-ring (bicyclic) bond motifs is 1. The number of aromatic amines is 1. The van der Waals surface area contributed by atoms with Crippen LogP contribution >= 0.6 is 0 Å². The summed E-state index contributed by atoms with van der Waals surface area (Å²) in [6.07, 6.45) is 3.95. The zero-order valence-corrected chi connectivity index (χ0v) is 17.8. The van der Waals surface area contributed by atoms with Gasteiger partial charge >= 0.3 is 0 Å². The number of rotatable bonds is 6. The summed E-state index contributed by atoms with van der Waals surface area (Å²) >= 11 is 0. The maximum Gasteiger partial charge on any atom is 0.270 e. The quantitative estimate of drug-likeness (QED) is 0.763. The fourth-order valence-corrected chi connectivity index (χ4v) is 4.52. The Morgan fingerprint density at radius 2 is 2.07 bits per heavy atom. The summed E-state index contributed by atoms with van der Waals surface area (Å²) in [6, 6.07) is 7.63. The number of amides is 2. The van der Waals surface area contributed by atoms with Crippen molar-refractivity contribution in [3.05, 3.63) is 30.0 Å². The Morgan fingerprint density at radius 1 is 1.27 bits per heavy atom. The normalized spacial score (nSPS) is 21.0. The van der Waals surface area contributed by atoms with Gasteiger partial charge in [0.15, 0.2) is 0 Å². The van der Waals surface area contributed by atoms with E-state index in [2.05, 4.69) is 10.3 Å². The van der Waals surface area contributed by atoms with Gasteiger partial charge in [0.1, 0.15) is 11.4 Å². The Morgan fingerprint density at radius 3 is 2.77 bits per heavy atom. The lowest BCUT2D eigenvalue weighted by molar-refractivity contribution is -0.127. The minimum absolute atomic E-state index is 0.0131. The van der Waals surface area contributed by atoms with Crippen LogP contribution in [0.5, 0.6) is 5.75 Å². The van der Waals surface area contributed by atoms with Gasteiger partial charge in [-0.25, -0.2) is 0 Å². The van der Waals surface area contributed by atoms with Crippen molar-refractivity contribution in [1.82, 2.24) is 15.2 Å². The molecule has 2 saturated heterocycles. The third-order valence-electron chi connectivity index (χ3n) is 6.54. The minimum Gasteiger partial charge on any atom is -0.497 e. The summed E-state index contributed by atoms with van der Waals surface area (Å²) < 4.78 is 10.8. The summed E-state index contributed by atoms with van der Waals surface area (Å²) in [5.74, 6) is 1.12. The maximum absolute atomic E-state index is 13.0. The van der Waals surface area contributed by atoms with Crippen molar-refractivity contribution < 1.29 is 19.1 Å². The second kappa shape index (κ2) is 9.08. The summed E-state index contributed by atoms with van der Waals surface area (Å²) in [6.45, 7) is 4.74. The molecule has 0 unspecified atom stereocenters. The van der Waals surface area contributed by atoms with E-state index in [1.54, 1.807) is 7.11 Å². The molecule has 2 aromatic rings. The molecule has 7 nitrogen and oxygen atoms in total. The number of carbonyl (C=O) groups is 2. The third kappa shape index (κ3) is 4.46. The lowest BCUT2D eigenvalue weighted by Crippen LogP contribution is -2.43. The highest BCUT2D eigenvalue weighted by molar-refractivity contribution is 5.98. The molecule has 1 aromatic carbocycles. The Bertz CT molecular complexity index is 895. The highest BCUT2D eigenvalue weighted by atomic mass is 16.5. The van der Waals surface area contributed by atoms with Gasteiger partial charge in [-0.2, -0.15) is 0 Å². The smallest absolute Gasteiger partial charge is 0.270 e. The number of piperidine rings is 1. The van der Waals surface area contributed by atoms with Crippen LogP contribution in [0.2, 0.25) is 0 Å². The number of H-pyrrole nitrogens is 1. The number of aromatic nitrogens is 1. The van der Waals surface area contributed by atoms with Crippen molar-refractivity contribution >= 4 is 22.7 Å². The Kier molecular flexibility index (Phi) is 6.27. The monoisotopic (exact) mass is 413 g/mol. The molecule has 1 aromatic heterocycles. The largest absolute Gasteiger partial charge is 0.497 e. The van der Waals surface area contributed by atoms with Gasteiger partial charge in [-0.3, -0.25) is 9.59 Å². The topological polar surface area (TPSA) is 83.7 Å². The molecule has 7 heteroatoms. The molecule has 0 bridgehead atoms. The molecular weight excluding hydrogens is 382 g/mol. The molecule has 4 rings (SSSR count). The van der Waals surface area contributed by atoms with E-state index in [9.17, 15) is 9.59 Å². The van der Waals surface area contributed by atoms with Crippen LogP contribution in [0.25, 0.3) is 10.9 Å². The number of carbonyl (C=O) groups excluding carboxylic acids is 2. The van der Waals surface area contributed by atoms with E-state index < -0.39 is 0 Å². The second-order valence-electron chi connectivity index (χ2n) is 8.43. The van der Waals surface area contributed by atoms with Crippen LogP contribution in [-0.4, -0.2) is 61.2 Å². The molecule has 2 aliphatic rings. The van der Waals surface area contributed by atoms with Crippen molar-refractivity contribution in [2.45, 2.75) is 38.7 Å². The highest BCUT2D eigenvalue weighted by Gasteiger charge is 2.31. The van der Waals surface area contributed by atoms with E-state index in [4.69, 9.17) is 9.47 Å². The summed E-state index contributed by atoms with van der Waals surface area (Å²) in [4.78, 5) is 30.6. The minimum atomic E-state index is -0.0517. The molecule has 30 heavy (non-hydrogen) atoms. The Balaban J connectivity index is 1.30. The summed E-state index contributed by atoms with van der Waals surface area (Å²) in [5.41, 5.74) is 1.49. The van der Waals surface area contributed by atoms with Crippen LogP contribution < -0.4 is 10.1 Å². The number of likely N-dealkylation sites (tertiary alicyclic amines) is 1. The molecular formula is C23H31N3O4. The number of benzene rings is 1. The first kappa shape index (κ1) is 20.7. The zero-order chi connectivity index (χ0) is 21.1. The van der Waals surface area contributed by atoms with E-state index in [1.165, 1.54) is 0 Å². The van der Waals surface area contributed by atoms with Crippen LogP contribution in [0.3, 0.4) is 0 Å². The van der Waals surface area contributed by atoms with E-state index in [-0.39, 0.29) is 23.8 Å². The molecule has 2 atom stereocenters. The lowest BCUT2D eigenvalue weighted by Gasteiger charge is -2.34. The van der Waals surface area contributed by atoms with E-state index in [1.807, 2.05) is 36.1 Å². The average molecular weight is 414 g/mol. The van der Waals surface area contributed by atoms with Gasteiger partial charge in [0.2, 0.25) is 5.91 Å². The summed E-state index contributed by atoms with van der Waals surface area (Å²) in [7, 11) is 1.63. The van der Waals surface area contributed by atoms with Crippen molar-refractivity contribution in [1.29, 1.82) is 0 Å². The van der Waals surface area contributed by atoms with Gasteiger partial charge in [-0.05, 0) is 49.8 Å². The molecule has 2 fully saturated rings. The third-order valence-corrected chi connectivity index (χ3v) is 6.54. The predicted octanol–water partition coefficient (Wildman–Crippen LogP) is 2.96. The van der Waals surface area contributed by atoms with Crippen LogP contribution in [0.1, 0.15) is 43.1 Å². The number of hydrogen-bond acceptors (Lipinski definition) is 4. The van der Waals surface area contributed by atoms with Crippen LogP contribution in [0.15, 0.2) is 24.3 Å². The van der Waals surface area contributed by atoms with Crippen molar-refractivity contribution in [2.75, 3.05) is 33.4 Å². The van der Waals surface area contributed by atoms with E-state index >= 15 is 0 Å². The molecule has 2 aliphatic heterocycles. The van der Waals surface area contributed by atoms with Gasteiger partial charge in [0.05, 0.1) is 13.2 Å². The molecule has 2 N–H and O–H groups in total. The molecule has 3 heterocycles. The maximum atomic E-state index is 13.0.